The number of halogens is 5. The summed E-state index contributed by atoms with van der Waals surface area (Å²) in [7, 11) is -2.77. The van der Waals surface area contributed by atoms with Crippen molar-refractivity contribution in [3.63, 3.8) is 0 Å². The molecule has 0 radical (unpaired) electrons. The Morgan fingerprint density at radius 2 is 1.04 bits per heavy atom. The second-order valence-electron chi connectivity index (χ2n) is 24.7. The fourth-order valence-electron chi connectivity index (χ4n) is 10.6. The van der Waals surface area contributed by atoms with Crippen molar-refractivity contribution in [2.75, 3.05) is 79.0 Å². The summed E-state index contributed by atoms with van der Waals surface area (Å²) >= 11 is 3.57. The zero-order valence-corrected chi connectivity index (χ0v) is 56.0. The SMILES string of the molecule is C[Si](C)(C)CCOCn1c(Cc2nn(CC(=O)N3CCOCC3)c(=O)c3cccc(Br)c23)nc2cc(C#N)c(OCC(F)F)cc21.Cc1cccc2c(=O)n(CC(=O)N3CCOCC3)nc(Cc3nc4cc(C#N)c(OCC(F)F)cc4n3COCC[Si](C)(C)C)c12. The number of aryl methyl sites for hydroxylation is 1. The number of nitriles is 2. The summed E-state index contributed by atoms with van der Waals surface area (Å²) in [4.78, 5) is 66.3. The van der Waals surface area contributed by atoms with Crippen molar-refractivity contribution in [1.82, 2.24) is 48.5 Å². The summed E-state index contributed by atoms with van der Waals surface area (Å²) < 4.78 is 92.2. The number of carbonyl (C=O) groups is 2. The number of rotatable bonds is 24. The number of fused-ring (bicyclic) bond motifs is 4. The minimum absolute atomic E-state index is 0.0200. The van der Waals surface area contributed by atoms with Crippen molar-refractivity contribution in [2.24, 2.45) is 0 Å². The average molecular weight is 1370 g/mol. The van der Waals surface area contributed by atoms with E-state index in [2.05, 4.69) is 60.3 Å². The van der Waals surface area contributed by atoms with Crippen LogP contribution in [0.2, 0.25) is 51.4 Å². The summed E-state index contributed by atoms with van der Waals surface area (Å²) in [6.07, 6.45) is -5.13. The van der Waals surface area contributed by atoms with Gasteiger partial charge in [-0.2, -0.15) is 20.7 Å². The standard InChI is InChI=1S/C32H38F2N6O5Si.C31H35BrF2N6O5Si/c1-21-6-5-7-23-31(21)25(37-40(32(23)42)18-30(41)38-8-10-43-11-9-38)15-29-36-24-14-22(17-35)27(45-19-28(33)34)16-26(24)39(29)20-44-12-13-46(2,3)4;1-46(2,3)12-11-44-19-39-25-15-26(45-18-27(33)34)20(16-35)13-23(25)36-28(39)14-24-30-21(5-4-6-22(30)32)31(42)40(37-24)17-29(41)38-7-9-43-10-8-38/h5-7,14,16,28H,8-13,15,18-20H2,1-4H3;4-6,13,15,27H,7-12,14,17-19H2,1-3H3. The van der Waals surface area contributed by atoms with Crippen molar-refractivity contribution in [2.45, 2.75) is 111 Å². The molecule has 0 saturated carbocycles. The molecule has 10 rings (SSSR count). The van der Waals surface area contributed by atoms with Crippen LogP contribution in [0.3, 0.4) is 0 Å². The van der Waals surface area contributed by atoms with E-state index in [1.165, 1.54) is 33.6 Å². The van der Waals surface area contributed by atoms with Gasteiger partial charge in [0.15, 0.2) is 0 Å². The third-order valence-corrected chi connectivity index (χ3v) is 19.6. The van der Waals surface area contributed by atoms with E-state index in [0.29, 0.717) is 137 Å². The Hall–Kier alpha value is -7.91. The molecule has 0 N–H and O–H groups in total. The number of hydrogen-bond acceptors (Lipinski definition) is 16. The molecule has 6 heterocycles. The second kappa shape index (κ2) is 30.2. The van der Waals surface area contributed by atoms with Gasteiger partial charge in [0.05, 0.1) is 94.6 Å². The largest absolute Gasteiger partial charge is 0.486 e. The second-order valence-corrected chi connectivity index (χ2v) is 36.8. The van der Waals surface area contributed by atoms with Gasteiger partial charge in [-0.05, 0) is 54.9 Å². The highest BCUT2D eigenvalue weighted by Gasteiger charge is 2.27. The number of carbonyl (C=O) groups excluding carboxylic acids is 2. The monoisotopic (exact) mass is 1370 g/mol. The number of aromatic nitrogens is 8. The van der Waals surface area contributed by atoms with Crippen LogP contribution in [-0.2, 0) is 67.9 Å². The highest BCUT2D eigenvalue weighted by Crippen LogP contribution is 2.32. The normalized spacial score (nSPS) is 13.9. The van der Waals surface area contributed by atoms with Gasteiger partial charge in [-0.25, -0.2) is 36.9 Å². The number of imidazole rings is 2. The number of benzene rings is 4. The molecule has 29 heteroatoms. The van der Waals surface area contributed by atoms with E-state index in [9.17, 15) is 47.3 Å². The molecule has 0 aliphatic carbocycles. The van der Waals surface area contributed by atoms with E-state index in [1.807, 2.05) is 35.8 Å². The lowest BCUT2D eigenvalue weighted by Gasteiger charge is -2.27. The van der Waals surface area contributed by atoms with Gasteiger partial charge in [0.25, 0.3) is 24.0 Å². The summed E-state index contributed by atoms with van der Waals surface area (Å²) in [6, 6.07) is 22.6. The van der Waals surface area contributed by atoms with E-state index in [1.54, 1.807) is 38.6 Å². The van der Waals surface area contributed by atoms with Crippen molar-refractivity contribution in [3.8, 4) is 23.6 Å². The minimum Gasteiger partial charge on any atom is -0.486 e. The third-order valence-electron chi connectivity index (χ3n) is 15.5. The maximum Gasteiger partial charge on any atom is 0.275 e. The molecule has 488 valence electrons. The summed E-state index contributed by atoms with van der Waals surface area (Å²) in [5.74, 6) is 0.624. The summed E-state index contributed by atoms with van der Waals surface area (Å²) in [5.41, 5.74) is 3.24. The number of nitrogens with zero attached hydrogens (tertiary/aromatic N) is 12. The molecule has 22 nitrogen and oxygen atoms in total. The van der Waals surface area contributed by atoms with Gasteiger partial charge in [0.2, 0.25) is 11.8 Å². The molecular weight excluding hydrogens is 1300 g/mol. The first-order valence-corrected chi connectivity index (χ1v) is 38.3. The van der Waals surface area contributed by atoms with Crippen LogP contribution in [-0.4, -0.2) is 168 Å². The minimum atomic E-state index is -2.71. The van der Waals surface area contributed by atoms with Gasteiger partial charge >= 0.3 is 0 Å². The molecule has 4 aromatic carbocycles. The van der Waals surface area contributed by atoms with Crippen LogP contribution in [0.4, 0.5) is 17.6 Å². The predicted molar refractivity (Wildman–Crippen MR) is 345 cm³/mol. The number of morpholine rings is 2. The molecule has 0 unspecified atom stereocenters. The first-order chi connectivity index (χ1) is 43.9. The smallest absolute Gasteiger partial charge is 0.275 e. The zero-order valence-electron chi connectivity index (χ0n) is 52.4. The quantitative estimate of drug-likeness (QED) is 0.0311. The lowest BCUT2D eigenvalue weighted by Crippen LogP contribution is -2.44. The molecule has 2 saturated heterocycles. The Morgan fingerprint density at radius 1 is 0.630 bits per heavy atom. The van der Waals surface area contributed by atoms with E-state index in [-0.39, 0.29) is 79.4 Å². The van der Waals surface area contributed by atoms with Crippen LogP contribution < -0.4 is 20.6 Å². The van der Waals surface area contributed by atoms with Gasteiger partial charge in [-0.3, -0.25) is 19.2 Å². The molecule has 4 aromatic heterocycles. The predicted octanol–water partition coefficient (Wildman–Crippen LogP) is 9.12. The molecule has 0 spiro atoms. The summed E-state index contributed by atoms with van der Waals surface area (Å²) in [5, 5.41) is 30.9. The van der Waals surface area contributed by atoms with Crippen molar-refractivity contribution in [3.05, 3.63) is 126 Å². The molecule has 92 heavy (non-hydrogen) atoms. The van der Waals surface area contributed by atoms with Crippen LogP contribution >= 0.6 is 15.9 Å². The van der Waals surface area contributed by atoms with Crippen LogP contribution in [0.5, 0.6) is 11.5 Å². The first-order valence-electron chi connectivity index (χ1n) is 30.1. The highest BCUT2D eigenvalue weighted by molar-refractivity contribution is 9.10. The lowest BCUT2D eigenvalue weighted by atomic mass is 10.0. The maximum atomic E-state index is 13.6. The molecular formula is C63H73BrF4N12O10Si2. The fourth-order valence-corrected chi connectivity index (χ4v) is 12.7. The molecule has 2 aliphatic heterocycles. The average Bonchev–Trinajstić information content (AvgIpc) is 1.31. The third kappa shape index (κ3) is 17.0. The van der Waals surface area contributed by atoms with Crippen molar-refractivity contribution >= 4 is 87.5 Å². The topological polar surface area (TPSA) is 249 Å². The van der Waals surface area contributed by atoms with Gasteiger partial charge < -0.3 is 47.4 Å². The lowest BCUT2D eigenvalue weighted by molar-refractivity contribution is -0.136. The van der Waals surface area contributed by atoms with Gasteiger partial charge in [-0.15, -0.1) is 0 Å². The van der Waals surface area contributed by atoms with Crippen LogP contribution in [0.1, 0.15) is 39.7 Å². The Kier molecular flexibility index (Phi) is 22.5. The molecule has 2 amide bonds. The van der Waals surface area contributed by atoms with E-state index >= 15 is 0 Å². The van der Waals surface area contributed by atoms with Gasteiger partial charge in [0.1, 0.15) is 75.1 Å². The van der Waals surface area contributed by atoms with Gasteiger partial charge in [-0.1, -0.05) is 73.4 Å². The number of alkyl halides is 4. The first kappa shape index (κ1) is 68.5. The van der Waals surface area contributed by atoms with Crippen LogP contribution in [0, 0.1) is 29.6 Å². The van der Waals surface area contributed by atoms with Crippen LogP contribution in [0.25, 0.3) is 43.6 Å². The highest BCUT2D eigenvalue weighted by atomic mass is 79.9. The molecule has 8 aromatic rings. The van der Waals surface area contributed by atoms with Crippen LogP contribution in [0.15, 0.2) is 74.7 Å². The van der Waals surface area contributed by atoms with Gasteiger partial charge in [0, 0.05) is 82.9 Å². The Morgan fingerprint density at radius 3 is 1.46 bits per heavy atom. The van der Waals surface area contributed by atoms with E-state index < -0.39 is 47.8 Å². The Balaban J connectivity index is 0.000000217. The molecule has 0 atom stereocenters. The van der Waals surface area contributed by atoms with Crippen molar-refractivity contribution in [1.29, 1.82) is 10.5 Å². The summed E-state index contributed by atoms with van der Waals surface area (Å²) in [6.45, 7) is 18.0. The molecule has 2 fully saturated rings. The van der Waals surface area contributed by atoms with Crippen molar-refractivity contribution < 1.29 is 55.6 Å². The Labute approximate surface area is 538 Å². The molecule has 2 aliphatic rings. The number of hydrogen-bond donors (Lipinski definition) is 0. The number of amides is 2. The van der Waals surface area contributed by atoms with E-state index in [4.69, 9.17) is 43.5 Å². The maximum absolute atomic E-state index is 13.6. The zero-order chi connectivity index (χ0) is 66.0. The molecule has 0 bridgehead atoms. The Bertz CT molecular complexity index is 3950. The fraction of sp³-hybridized carbons (Fsp3) is 0.460. The van der Waals surface area contributed by atoms with E-state index in [0.717, 1.165) is 17.7 Å². The number of ether oxygens (including phenoxy) is 6.